The van der Waals surface area contributed by atoms with E-state index in [0.29, 0.717) is 5.92 Å². The van der Waals surface area contributed by atoms with Crippen molar-refractivity contribution >= 4 is 17.7 Å². The molecule has 3 aromatic carbocycles. The molecule has 0 amide bonds. The van der Waals surface area contributed by atoms with Crippen molar-refractivity contribution < 1.29 is 23.3 Å². The van der Waals surface area contributed by atoms with Crippen LogP contribution in [0.15, 0.2) is 71.3 Å². The van der Waals surface area contributed by atoms with Crippen LogP contribution in [0.4, 0.5) is 0 Å². The first-order chi connectivity index (χ1) is 13.4. The Kier molecular flexibility index (Phi) is 12.5. The van der Waals surface area contributed by atoms with Crippen molar-refractivity contribution in [1.29, 1.82) is 0 Å². The van der Waals surface area contributed by atoms with Gasteiger partial charge in [0, 0.05) is 0 Å². The van der Waals surface area contributed by atoms with E-state index in [1.165, 1.54) is 73.1 Å². The van der Waals surface area contributed by atoms with Gasteiger partial charge in [-0.25, -0.2) is 5.57 Å². The Morgan fingerprint density at radius 3 is 2.03 bits per heavy atom. The molecule has 0 saturated carbocycles. The van der Waals surface area contributed by atoms with E-state index in [4.69, 9.17) is 0 Å². The van der Waals surface area contributed by atoms with Crippen LogP contribution in [0.3, 0.4) is 0 Å². The van der Waals surface area contributed by atoms with Gasteiger partial charge in [0.1, 0.15) is 0 Å². The van der Waals surface area contributed by atoms with Gasteiger partial charge in [0.2, 0.25) is 0 Å². The molecular weight excluding hydrogens is 456 g/mol. The molecule has 0 aliphatic heterocycles. The summed E-state index contributed by atoms with van der Waals surface area (Å²) in [6.07, 6.45) is 3.36. The van der Waals surface area contributed by atoms with Crippen LogP contribution in [0, 0.1) is 40.7 Å². The first-order valence-corrected chi connectivity index (χ1v) is 13.8. The van der Waals surface area contributed by atoms with Gasteiger partial charge in [0.15, 0.2) is 0 Å². The summed E-state index contributed by atoms with van der Waals surface area (Å²) in [5.74, 6) is 0.560. The summed E-state index contributed by atoms with van der Waals surface area (Å²) in [6, 6.07) is 19.7. The Morgan fingerprint density at radius 1 is 0.900 bits per heavy atom. The van der Waals surface area contributed by atoms with Gasteiger partial charge >= 0.3 is 30.2 Å². The predicted molar refractivity (Wildman–Crippen MR) is 133 cm³/mol. The number of hydrogen-bond donors (Lipinski definition) is 0. The summed E-state index contributed by atoms with van der Waals surface area (Å²) in [4.78, 5) is 0. The van der Waals surface area contributed by atoms with Crippen LogP contribution in [0.1, 0.15) is 38.8 Å². The maximum atomic E-state index is 3.36. The molecule has 4 rings (SSSR count). The second kappa shape index (κ2) is 13.1. The molecule has 2 radical (unpaired) electrons. The van der Waals surface area contributed by atoms with Crippen molar-refractivity contribution in [2.75, 3.05) is 0 Å². The topological polar surface area (TPSA) is 0 Å². The van der Waals surface area contributed by atoms with Crippen molar-refractivity contribution in [3.63, 3.8) is 0 Å². The molecule has 158 valence electrons. The fraction of sp³-hybridized carbons (Fsp3) is 0.250. The molecule has 0 fully saturated rings. The summed E-state index contributed by atoms with van der Waals surface area (Å²) < 4.78 is 0. The van der Waals surface area contributed by atoms with Crippen LogP contribution in [0.2, 0.25) is 0 Å². The minimum absolute atomic E-state index is 0. The third-order valence-electron chi connectivity index (χ3n) is 5.73. The number of rotatable bonds is 1. The minimum atomic E-state index is 0. The van der Waals surface area contributed by atoms with Crippen LogP contribution < -0.4 is 0 Å². The third-order valence-corrected chi connectivity index (χ3v) is 5.73. The van der Waals surface area contributed by atoms with Gasteiger partial charge in [-0.15, -0.1) is 53.6 Å². The van der Waals surface area contributed by atoms with Crippen molar-refractivity contribution in [3.05, 3.63) is 103 Å². The second-order valence-electron chi connectivity index (χ2n) is 7.43. The molecule has 1 aliphatic carbocycles. The Labute approximate surface area is 202 Å². The molecule has 30 heavy (non-hydrogen) atoms. The van der Waals surface area contributed by atoms with Crippen molar-refractivity contribution in [1.82, 2.24) is 0 Å². The van der Waals surface area contributed by atoms with E-state index in [1.54, 1.807) is 0 Å². The molecule has 0 nitrogen and oxygen atoms in total. The van der Waals surface area contributed by atoms with Crippen molar-refractivity contribution in [3.8, 4) is 11.1 Å². The molecule has 1 unspecified atom stereocenters. The number of hydrogen-bond acceptors (Lipinski definition) is 0. The first-order valence-electron chi connectivity index (χ1n) is 9.63. The van der Waals surface area contributed by atoms with Gasteiger partial charge in [-0.05, 0) is 25.0 Å². The van der Waals surface area contributed by atoms with Crippen LogP contribution in [-0.2, 0) is 23.3 Å². The van der Waals surface area contributed by atoms with Gasteiger partial charge in [-0.3, -0.25) is 6.08 Å². The molecule has 0 aromatic heterocycles. The Hall–Kier alpha value is -1.37. The molecule has 1 aliphatic rings. The Morgan fingerprint density at radius 2 is 1.53 bits per heavy atom. The average Bonchev–Trinajstić information content (AvgIpc) is 3.23. The average molecular weight is 490 g/mol. The summed E-state index contributed by atoms with van der Waals surface area (Å²) in [5, 5.41) is 2.66. The number of allylic oxidation sites excluding steroid dienone is 4. The van der Waals surface area contributed by atoms with Crippen LogP contribution in [-0.4, -0.2) is 6.88 Å². The SMILES string of the molecule is CC1=[C-]C(C)C(C)=C1C.Cc1ccc(-c2c[cH-]c3ccccc23)cc1C.[CH3-].[CH3-].[Si]=[Zr]. The van der Waals surface area contributed by atoms with E-state index in [2.05, 4.69) is 109 Å². The summed E-state index contributed by atoms with van der Waals surface area (Å²) in [6.45, 7) is 16.1. The van der Waals surface area contributed by atoms with Gasteiger partial charge in [0.05, 0.1) is 0 Å². The molecule has 1 atom stereocenters. The van der Waals surface area contributed by atoms with Gasteiger partial charge in [-0.1, -0.05) is 56.5 Å². The summed E-state index contributed by atoms with van der Waals surface area (Å²) in [7, 11) is 0. The van der Waals surface area contributed by atoms with E-state index in [9.17, 15) is 0 Å². The van der Waals surface area contributed by atoms with Crippen molar-refractivity contribution in [2.45, 2.75) is 41.5 Å². The van der Waals surface area contributed by atoms with E-state index >= 15 is 0 Å². The third kappa shape index (κ3) is 6.56. The fourth-order valence-electron chi connectivity index (χ4n) is 3.47. The molecule has 0 N–H and O–H groups in total. The number of benzene rings is 2. The van der Waals surface area contributed by atoms with Crippen LogP contribution >= 0.6 is 0 Å². The second-order valence-corrected chi connectivity index (χ2v) is 7.43. The van der Waals surface area contributed by atoms with E-state index < -0.39 is 0 Å². The molecule has 0 heterocycles. The van der Waals surface area contributed by atoms with Gasteiger partial charge < -0.3 is 14.9 Å². The first kappa shape index (κ1) is 28.6. The number of aryl methyl sites for hydroxylation is 2. The summed E-state index contributed by atoms with van der Waals surface area (Å²) in [5.41, 5.74) is 9.60. The zero-order valence-electron chi connectivity index (χ0n) is 19.8. The normalized spacial score (nSPS) is 14.4. The molecule has 3 aromatic rings. The zero-order valence-corrected chi connectivity index (χ0v) is 23.2. The van der Waals surface area contributed by atoms with Gasteiger partial charge in [-0.2, -0.15) is 11.1 Å². The molecule has 0 saturated heterocycles. The monoisotopic (exact) mass is 488 g/mol. The molecule has 2 heteroatoms. The zero-order chi connectivity index (χ0) is 20.8. The summed E-state index contributed by atoms with van der Waals surface area (Å²) >= 11 is 1.36. The quantitative estimate of drug-likeness (QED) is 0.239. The molecule has 0 spiro atoms. The Balaban J connectivity index is 0.000000558. The molecule has 0 bridgehead atoms. The van der Waals surface area contributed by atoms with E-state index in [0.717, 1.165) is 0 Å². The number of fused-ring (bicyclic) bond motifs is 1. The molecular formula is C28H34SiZr-4. The van der Waals surface area contributed by atoms with Crippen molar-refractivity contribution in [2.24, 2.45) is 5.92 Å². The Bertz CT molecular complexity index is 1020. The van der Waals surface area contributed by atoms with E-state index in [1.807, 2.05) is 0 Å². The standard InChI is InChI=1S/C17H15.C9H13.2CH3.Si.Zr/c1-12-7-8-15(11-13(12)2)17-10-9-14-5-3-4-6-16(14)17;1-6-5-7(2)9(4)8(6)3;;;;/h3-11H,1-2H3;6H,1-4H3;2*1H3;;/q4*-1;;. The van der Waals surface area contributed by atoms with Gasteiger partial charge in [0.25, 0.3) is 0 Å². The van der Waals surface area contributed by atoms with Crippen LogP contribution in [0.25, 0.3) is 21.9 Å². The van der Waals surface area contributed by atoms with Crippen LogP contribution in [0.5, 0.6) is 0 Å². The van der Waals surface area contributed by atoms with E-state index in [-0.39, 0.29) is 14.9 Å². The maximum absolute atomic E-state index is 3.36. The fourth-order valence-corrected chi connectivity index (χ4v) is 3.47. The predicted octanol–water partition coefficient (Wildman–Crippen LogP) is 8.08.